The third-order valence-electron chi connectivity index (χ3n) is 18.7. The van der Waals surface area contributed by atoms with Gasteiger partial charge in [0.1, 0.15) is 0 Å². The van der Waals surface area contributed by atoms with Crippen molar-refractivity contribution in [3.8, 4) is 39.3 Å². The van der Waals surface area contributed by atoms with Gasteiger partial charge < -0.3 is 18.6 Å². The quantitative estimate of drug-likeness (QED) is 0.154. The Kier molecular flexibility index (Phi) is 10.7. The van der Waals surface area contributed by atoms with Gasteiger partial charge in [0, 0.05) is 74.4 Å². The second-order valence-electron chi connectivity index (χ2n) is 25.9. The highest BCUT2D eigenvalue weighted by atomic mass is 32.2. The molecule has 0 N–H and O–H groups in total. The maximum absolute atomic E-state index is 8.74. The van der Waals surface area contributed by atoms with Gasteiger partial charge in [-0.3, -0.25) is 0 Å². The number of hydrogen-bond acceptors (Lipinski definition) is 2. The number of nitrogens with zero attached hydrogens (tertiary/aromatic N) is 4. The molecule has 0 spiro atoms. The van der Waals surface area contributed by atoms with Crippen LogP contribution >= 0.6 is 11.8 Å². The van der Waals surface area contributed by atoms with E-state index < -0.39 is 6.85 Å². The Bertz CT molecular complexity index is 5320. The van der Waals surface area contributed by atoms with E-state index in [4.69, 9.17) is 4.11 Å². The average Bonchev–Trinajstić information content (AvgIpc) is 0.861. The highest BCUT2D eigenvalue weighted by Gasteiger charge is 2.42. The average molecular weight is 1140 g/mol. The van der Waals surface area contributed by atoms with Crippen LogP contribution in [-0.4, -0.2) is 20.4 Å². The summed E-state index contributed by atoms with van der Waals surface area (Å²) < 4.78 is 33.7. The van der Waals surface area contributed by atoms with Crippen LogP contribution in [0.5, 0.6) is 0 Å². The Hall–Kier alpha value is -9.75. The molecule has 0 radical (unpaired) electrons. The van der Waals surface area contributed by atoms with Crippen LogP contribution in [-0.2, 0) is 10.8 Å². The molecule has 0 fully saturated rings. The molecule has 3 aromatic heterocycles. The summed E-state index contributed by atoms with van der Waals surface area (Å²) in [6.45, 7) is 11.3. The zero-order valence-electron chi connectivity index (χ0n) is 52.5. The second-order valence-corrected chi connectivity index (χ2v) is 27.0. The minimum Gasteiger partial charge on any atom is -0.311 e. The first-order valence-corrected chi connectivity index (χ1v) is 31.2. The fourth-order valence-electron chi connectivity index (χ4n) is 14.6. The number of rotatable bonds is 6. The third-order valence-corrected chi connectivity index (χ3v) is 19.8. The Labute approximate surface area is 516 Å². The van der Waals surface area contributed by atoms with Crippen molar-refractivity contribution >= 4 is 117 Å². The van der Waals surface area contributed by atoms with Crippen molar-refractivity contribution in [2.24, 2.45) is 0 Å². The number of aryl methyl sites for hydroxylation is 1. The van der Waals surface area contributed by atoms with Gasteiger partial charge in [-0.1, -0.05) is 228 Å². The van der Waals surface area contributed by atoms with Crippen molar-refractivity contribution in [1.82, 2.24) is 13.7 Å². The van der Waals surface area contributed by atoms with Crippen molar-refractivity contribution in [2.75, 3.05) is 4.90 Å². The van der Waals surface area contributed by atoms with Crippen LogP contribution in [0.1, 0.15) is 62.3 Å². The molecule has 0 unspecified atom stereocenters. The van der Waals surface area contributed by atoms with Crippen LogP contribution in [0, 0.1) is 6.85 Å². The standard InChI is InChI=1S/C81H63BN4S/c1-50-36-40-65-76(44-50)87-77-46-52(57-29-21-35-73(84-67-31-17-12-25-58(67)59-26-13-18-32-68(59)84)79(57)86-69-33-19-14-27-60(69)61-28-15-20-34-70(61)86)45-75-78(77)82(65)64-41-39-55(49-74(64)85(75)66-30-16-11-24-56(66)51-22-9-8-10-23-51)83-71-42-37-53(80(2,3)4)47-62(71)63-48-54(81(5,6)7)38-43-72(63)83/h8-49H,1-7H3/i1D3. The molecule has 0 atom stereocenters. The predicted molar refractivity (Wildman–Crippen MR) is 372 cm³/mol. The molecule has 6 heteroatoms. The SMILES string of the molecule is [2H]C([2H])([2H])c1ccc2c(c1)Sc1cc(-c3cccc(-n4c5ccccc5c5ccccc54)c3-n3c4ccccc4c4ccccc43)cc3c1B2c1ccc(-n2c4ccc(C(C)(C)C)cc4c4cc(C(C)(C)C)ccc42)cc1N3c1ccccc1-c1ccccc1. The summed E-state index contributed by atoms with van der Waals surface area (Å²) >= 11 is 1.69. The summed E-state index contributed by atoms with van der Waals surface area (Å²) in [4.78, 5) is 4.59. The van der Waals surface area contributed by atoms with Crippen LogP contribution in [0.3, 0.4) is 0 Å². The fraction of sp³-hybridized carbons (Fsp3) is 0.111. The molecule has 0 aliphatic carbocycles. The van der Waals surface area contributed by atoms with E-state index in [9.17, 15) is 0 Å². The third kappa shape index (κ3) is 7.86. The monoisotopic (exact) mass is 1140 g/mol. The highest BCUT2D eigenvalue weighted by Crippen LogP contribution is 2.50. The van der Waals surface area contributed by atoms with E-state index in [1.807, 2.05) is 12.1 Å². The van der Waals surface area contributed by atoms with Crippen LogP contribution in [0.15, 0.2) is 265 Å². The molecule has 416 valence electrons. The highest BCUT2D eigenvalue weighted by molar-refractivity contribution is 8.00. The summed E-state index contributed by atoms with van der Waals surface area (Å²) in [5, 5.41) is 7.22. The van der Waals surface area contributed by atoms with Gasteiger partial charge in [-0.15, -0.1) is 0 Å². The van der Waals surface area contributed by atoms with Gasteiger partial charge in [0.2, 0.25) is 6.71 Å². The first-order valence-electron chi connectivity index (χ1n) is 31.9. The summed E-state index contributed by atoms with van der Waals surface area (Å²) in [7, 11) is 0. The van der Waals surface area contributed by atoms with Crippen molar-refractivity contribution in [3.63, 3.8) is 0 Å². The Morgan fingerprint density at radius 2 is 0.885 bits per heavy atom. The molecule has 15 aromatic rings. The normalized spacial score (nSPS) is 13.8. The smallest absolute Gasteiger partial charge is 0.249 e. The van der Waals surface area contributed by atoms with Gasteiger partial charge in [0.25, 0.3) is 0 Å². The van der Waals surface area contributed by atoms with Crippen molar-refractivity contribution in [2.45, 2.75) is 69.0 Å². The molecule has 0 bridgehead atoms. The van der Waals surface area contributed by atoms with Crippen LogP contribution < -0.4 is 21.3 Å². The Balaban J connectivity index is 0.999. The first kappa shape index (κ1) is 48.5. The van der Waals surface area contributed by atoms with E-state index in [0.29, 0.717) is 5.56 Å². The van der Waals surface area contributed by atoms with Crippen LogP contribution in [0.25, 0.3) is 105 Å². The lowest BCUT2D eigenvalue weighted by Gasteiger charge is -2.41. The minimum atomic E-state index is -2.30. The maximum Gasteiger partial charge on any atom is 0.249 e. The summed E-state index contributed by atoms with van der Waals surface area (Å²) in [5.74, 6) is 0. The molecule has 4 nitrogen and oxygen atoms in total. The molecule has 2 aliphatic heterocycles. The first-order chi connectivity index (χ1) is 43.6. The maximum atomic E-state index is 8.74. The molecule has 0 saturated heterocycles. The van der Waals surface area contributed by atoms with Gasteiger partial charge in [0.05, 0.1) is 50.2 Å². The lowest BCUT2D eigenvalue weighted by molar-refractivity contribution is 0.590. The van der Waals surface area contributed by atoms with Gasteiger partial charge in [0.15, 0.2) is 0 Å². The van der Waals surface area contributed by atoms with Gasteiger partial charge in [-0.2, -0.15) is 0 Å². The molecule has 0 amide bonds. The van der Waals surface area contributed by atoms with E-state index in [1.165, 1.54) is 48.9 Å². The number of aromatic nitrogens is 3. The molecule has 2 aliphatic rings. The summed E-state index contributed by atoms with van der Waals surface area (Å²) in [6.07, 6.45) is 0. The molecule has 12 aromatic carbocycles. The van der Waals surface area contributed by atoms with Crippen molar-refractivity contribution in [3.05, 3.63) is 271 Å². The van der Waals surface area contributed by atoms with Crippen LogP contribution in [0.4, 0.5) is 17.1 Å². The zero-order valence-corrected chi connectivity index (χ0v) is 50.3. The molecule has 0 saturated carbocycles. The van der Waals surface area contributed by atoms with Gasteiger partial charge in [-0.05, 0) is 142 Å². The lowest BCUT2D eigenvalue weighted by Crippen LogP contribution is -2.59. The molecule has 5 heterocycles. The van der Waals surface area contributed by atoms with E-state index in [0.717, 1.165) is 110 Å². The van der Waals surface area contributed by atoms with E-state index in [2.05, 4.69) is 303 Å². The van der Waals surface area contributed by atoms with Gasteiger partial charge in [-0.25, -0.2) is 0 Å². The van der Waals surface area contributed by atoms with E-state index >= 15 is 0 Å². The number of para-hydroxylation sites is 6. The number of hydrogen-bond donors (Lipinski definition) is 0. The molecule has 87 heavy (non-hydrogen) atoms. The number of benzene rings is 12. The van der Waals surface area contributed by atoms with E-state index in [1.54, 1.807) is 11.8 Å². The second kappa shape index (κ2) is 19.1. The Morgan fingerprint density at radius 1 is 0.356 bits per heavy atom. The summed E-state index contributed by atoms with van der Waals surface area (Å²) in [6, 6.07) is 93.8. The largest absolute Gasteiger partial charge is 0.311 e. The van der Waals surface area contributed by atoms with E-state index in [-0.39, 0.29) is 17.5 Å². The molecular weight excluding hydrogens is 1070 g/mol. The molecule has 17 rings (SSSR count). The lowest BCUT2D eigenvalue weighted by atomic mass is 9.34. The summed E-state index contributed by atoms with van der Waals surface area (Å²) in [5.41, 5.74) is 23.7. The van der Waals surface area contributed by atoms with Gasteiger partial charge >= 0.3 is 0 Å². The number of fused-ring (bicyclic) bond motifs is 13. The zero-order chi connectivity index (χ0) is 61.1. The Morgan fingerprint density at radius 3 is 1.49 bits per heavy atom. The minimum absolute atomic E-state index is 0.0524. The van der Waals surface area contributed by atoms with Crippen LogP contribution in [0.2, 0.25) is 0 Å². The number of anilines is 3. The topological polar surface area (TPSA) is 18.0 Å². The molecular formula is C81H63BN4S. The van der Waals surface area contributed by atoms with Crippen molar-refractivity contribution in [1.29, 1.82) is 0 Å². The fourth-order valence-corrected chi connectivity index (χ4v) is 15.8. The predicted octanol–water partition coefficient (Wildman–Crippen LogP) is 20.0. The van der Waals surface area contributed by atoms with Crippen molar-refractivity contribution < 1.29 is 4.11 Å².